The maximum Gasteiger partial charge on any atom is 0.254 e. The van der Waals surface area contributed by atoms with Crippen LogP contribution in [0.25, 0.3) is 0 Å². The van der Waals surface area contributed by atoms with Gasteiger partial charge in [0.15, 0.2) is 0 Å². The second-order valence-corrected chi connectivity index (χ2v) is 7.45. The number of rotatable bonds is 8. The van der Waals surface area contributed by atoms with E-state index in [1.807, 2.05) is 0 Å². The van der Waals surface area contributed by atoms with Gasteiger partial charge in [0.2, 0.25) is 11.8 Å². The highest BCUT2D eigenvalue weighted by molar-refractivity contribution is 5.97. The second-order valence-electron chi connectivity index (χ2n) is 7.45. The molecule has 0 aliphatic rings. The van der Waals surface area contributed by atoms with Crippen molar-refractivity contribution in [1.82, 2.24) is 15.6 Å². The van der Waals surface area contributed by atoms with Gasteiger partial charge in [0.05, 0.1) is 5.56 Å². The maximum atomic E-state index is 13.9. The minimum absolute atomic E-state index is 0.119. The van der Waals surface area contributed by atoms with Crippen molar-refractivity contribution >= 4 is 11.8 Å². The predicted octanol–water partition coefficient (Wildman–Crippen LogP) is 4.22. The molecule has 3 rings (SSSR count). The number of hydrogen-bond acceptors (Lipinski definition) is 4. The molecule has 2 amide bonds. The first-order chi connectivity index (χ1) is 15.3. The van der Waals surface area contributed by atoms with Crippen LogP contribution in [0.2, 0.25) is 0 Å². The minimum atomic E-state index is -0.837. The molecule has 0 bridgehead atoms. The third-order valence-corrected chi connectivity index (χ3v) is 4.65. The van der Waals surface area contributed by atoms with Gasteiger partial charge in [-0.1, -0.05) is 32.0 Å². The molecule has 1 atom stereocenters. The van der Waals surface area contributed by atoms with E-state index in [2.05, 4.69) is 15.6 Å². The van der Waals surface area contributed by atoms with E-state index in [9.17, 15) is 18.4 Å². The molecule has 0 saturated heterocycles. The number of hydrogen-bond donors (Lipinski definition) is 2. The molecule has 1 unspecified atom stereocenters. The van der Waals surface area contributed by atoms with E-state index >= 15 is 0 Å². The zero-order valence-electron chi connectivity index (χ0n) is 17.6. The number of ether oxygens (including phenoxy) is 1. The molecule has 2 aromatic carbocycles. The van der Waals surface area contributed by atoms with Gasteiger partial charge >= 0.3 is 0 Å². The quantitative estimate of drug-likeness (QED) is 0.551. The van der Waals surface area contributed by atoms with Crippen molar-refractivity contribution in [3.05, 3.63) is 89.6 Å². The lowest BCUT2D eigenvalue weighted by Crippen LogP contribution is -2.49. The van der Waals surface area contributed by atoms with Crippen LogP contribution in [-0.2, 0) is 11.3 Å². The summed E-state index contributed by atoms with van der Waals surface area (Å²) in [5.74, 6) is -1.50. The van der Waals surface area contributed by atoms with Crippen LogP contribution in [0, 0.1) is 17.6 Å². The largest absolute Gasteiger partial charge is 0.439 e. The Kier molecular flexibility index (Phi) is 7.49. The van der Waals surface area contributed by atoms with Crippen molar-refractivity contribution < 1.29 is 23.1 Å². The zero-order chi connectivity index (χ0) is 23.1. The Hall–Kier alpha value is -3.81. The van der Waals surface area contributed by atoms with Crippen molar-refractivity contribution in [2.24, 2.45) is 5.92 Å². The number of aromatic nitrogens is 1. The zero-order valence-corrected chi connectivity index (χ0v) is 17.6. The van der Waals surface area contributed by atoms with Gasteiger partial charge in [-0.3, -0.25) is 9.59 Å². The average Bonchev–Trinajstić information content (AvgIpc) is 2.78. The first-order valence-electron chi connectivity index (χ1n) is 10.0. The highest BCUT2D eigenvalue weighted by atomic mass is 19.1. The molecule has 0 saturated carbocycles. The Morgan fingerprint density at radius 1 is 1.00 bits per heavy atom. The monoisotopic (exact) mass is 439 g/mol. The van der Waals surface area contributed by atoms with Crippen molar-refractivity contribution in [2.45, 2.75) is 26.4 Å². The SMILES string of the molecule is CC(C)C(NC(=O)c1ccccc1F)C(=O)NCc1ccc(Oc2ccc(F)cc2)nc1. The lowest BCUT2D eigenvalue weighted by atomic mass is 10.0. The van der Waals surface area contributed by atoms with Crippen LogP contribution in [0.4, 0.5) is 8.78 Å². The summed E-state index contributed by atoms with van der Waals surface area (Å²) < 4.78 is 32.4. The Morgan fingerprint density at radius 2 is 1.72 bits per heavy atom. The summed E-state index contributed by atoms with van der Waals surface area (Å²) in [6.45, 7) is 3.76. The molecule has 0 spiro atoms. The molecule has 0 aliphatic carbocycles. The topological polar surface area (TPSA) is 80.3 Å². The molecule has 1 aromatic heterocycles. The van der Waals surface area contributed by atoms with Gasteiger partial charge in [-0.25, -0.2) is 13.8 Å². The Balaban J connectivity index is 1.57. The van der Waals surface area contributed by atoms with Gasteiger partial charge in [0.25, 0.3) is 5.91 Å². The molecular weight excluding hydrogens is 416 g/mol. The normalized spacial score (nSPS) is 11.7. The summed E-state index contributed by atoms with van der Waals surface area (Å²) in [5, 5.41) is 5.35. The summed E-state index contributed by atoms with van der Waals surface area (Å²) in [7, 11) is 0. The first kappa shape index (κ1) is 22.9. The van der Waals surface area contributed by atoms with Gasteiger partial charge in [-0.15, -0.1) is 0 Å². The number of carbonyl (C=O) groups is 2. The van der Waals surface area contributed by atoms with Crippen LogP contribution >= 0.6 is 0 Å². The van der Waals surface area contributed by atoms with E-state index in [1.165, 1.54) is 42.5 Å². The van der Waals surface area contributed by atoms with Crippen LogP contribution in [0.3, 0.4) is 0 Å². The van der Waals surface area contributed by atoms with E-state index < -0.39 is 23.7 Å². The number of benzene rings is 2. The lowest BCUT2D eigenvalue weighted by Gasteiger charge is -2.22. The second kappa shape index (κ2) is 10.5. The predicted molar refractivity (Wildman–Crippen MR) is 115 cm³/mol. The maximum absolute atomic E-state index is 13.9. The minimum Gasteiger partial charge on any atom is -0.439 e. The highest BCUT2D eigenvalue weighted by Crippen LogP contribution is 2.19. The van der Waals surface area contributed by atoms with Crippen molar-refractivity contribution in [3.8, 4) is 11.6 Å². The summed E-state index contributed by atoms with van der Waals surface area (Å²) in [6, 6.07) is 13.7. The van der Waals surface area contributed by atoms with Gasteiger partial charge in [0, 0.05) is 18.8 Å². The molecule has 0 aliphatic heterocycles. The third-order valence-electron chi connectivity index (χ3n) is 4.65. The highest BCUT2D eigenvalue weighted by Gasteiger charge is 2.25. The molecule has 8 heteroatoms. The number of halogens is 2. The van der Waals surface area contributed by atoms with E-state index in [0.717, 1.165) is 0 Å². The molecule has 0 fully saturated rings. The van der Waals surface area contributed by atoms with Crippen molar-refractivity contribution in [1.29, 1.82) is 0 Å². The molecule has 2 N–H and O–H groups in total. The summed E-state index contributed by atoms with van der Waals surface area (Å²) in [5.41, 5.74) is 0.597. The Morgan fingerprint density at radius 3 is 2.34 bits per heavy atom. The summed E-state index contributed by atoms with van der Waals surface area (Å²) >= 11 is 0. The lowest BCUT2D eigenvalue weighted by molar-refractivity contribution is -0.124. The number of nitrogens with zero attached hydrogens (tertiary/aromatic N) is 1. The van der Waals surface area contributed by atoms with Crippen LogP contribution in [0.5, 0.6) is 11.6 Å². The van der Waals surface area contributed by atoms with E-state index in [-0.39, 0.29) is 23.8 Å². The van der Waals surface area contributed by atoms with Crippen LogP contribution in [0.15, 0.2) is 66.9 Å². The third kappa shape index (κ3) is 6.10. The smallest absolute Gasteiger partial charge is 0.254 e. The molecular formula is C24H23F2N3O3. The molecule has 1 heterocycles. The summed E-state index contributed by atoms with van der Waals surface area (Å²) in [6.07, 6.45) is 1.54. The fourth-order valence-electron chi connectivity index (χ4n) is 2.90. The molecule has 166 valence electrons. The Labute approximate surface area is 184 Å². The van der Waals surface area contributed by atoms with Crippen molar-refractivity contribution in [2.75, 3.05) is 0 Å². The molecule has 6 nitrogen and oxygen atoms in total. The standard InChI is InChI=1S/C24H23F2N3O3/c1-15(2)22(29-23(30)19-5-3-4-6-20(19)26)24(31)28-14-16-7-12-21(27-13-16)32-18-10-8-17(25)9-11-18/h3-13,15,22H,14H2,1-2H3,(H,28,31)(H,29,30). The van der Waals surface area contributed by atoms with Crippen LogP contribution in [-0.4, -0.2) is 22.8 Å². The van der Waals surface area contributed by atoms with Gasteiger partial charge in [0.1, 0.15) is 23.4 Å². The average molecular weight is 439 g/mol. The van der Waals surface area contributed by atoms with Gasteiger partial charge in [-0.2, -0.15) is 0 Å². The number of nitrogens with one attached hydrogen (secondary N) is 2. The summed E-state index contributed by atoms with van der Waals surface area (Å²) in [4.78, 5) is 29.2. The number of pyridine rings is 1. The van der Waals surface area contributed by atoms with E-state index in [1.54, 1.807) is 38.2 Å². The van der Waals surface area contributed by atoms with Crippen molar-refractivity contribution in [3.63, 3.8) is 0 Å². The van der Waals surface area contributed by atoms with Gasteiger partial charge in [-0.05, 0) is 47.9 Å². The number of amides is 2. The van der Waals surface area contributed by atoms with E-state index in [0.29, 0.717) is 17.2 Å². The van der Waals surface area contributed by atoms with Crippen LogP contribution in [0.1, 0.15) is 29.8 Å². The fourth-order valence-corrected chi connectivity index (χ4v) is 2.90. The molecule has 3 aromatic rings. The number of carbonyl (C=O) groups excluding carboxylic acids is 2. The molecule has 0 radical (unpaired) electrons. The van der Waals surface area contributed by atoms with E-state index in [4.69, 9.17) is 4.74 Å². The Bertz CT molecular complexity index is 1070. The fraction of sp³-hybridized carbons (Fsp3) is 0.208. The van der Waals surface area contributed by atoms with Gasteiger partial charge < -0.3 is 15.4 Å². The van der Waals surface area contributed by atoms with Crippen LogP contribution < -0.4 is 15.4 Å². The molecule has 32 heavy (non-hydrogen) atoms. The first-order valence-corrected chi connectivity index (χ1v) is 10.0.